The van der Waals surface area contributed by atoms with E-state index in [-0.39, 0.29) is 30.4 Å². The van der Waals surface area contributed by atoms with Crippen LogP contribution in [0.5, 0.6) is 0 Å². The molecule has 0 aliphatic carbocycles. The fourth-order valence-corrected chi connectivity index (χ4v) is 5.34. The van der Waals surface area contributed by atoms with E-state index in [0.717, 1.165) is 11.1 Å². The minimum Gasteiger partial charge on any atom is -0.394 e. The van der Waals surface area contributed by atoms with Crippen molar-refractivity contribution in [2.45, 2.75) is 50.3 Å². The third-order valence-corrected chi connectivity index (χ3v) is 7.83. The highest BCUT2D eigenvalue weighted by molar-refractivity contribution is 5.84. The molecule has 6 N–H and O–H groups in total. The molecule has 1 fully saturated rings. The highest BCUT2D eigenvalue weighted by Crippen LogP contribution is 2.39. The molecule has 0 saturated carbocycles. The van der Waals surface area contributed by atoms with Gasteiger partial charge in [-0.05, 0) is 17.0 Å². The Balaban J connectivity index is 1.37. The van der Waals surface area contributed by atoms with E-state index in [4.69, 9.17) is 14.7 Å². The molecule has 0 spiro atoms. The highest BCUT2D eigenvalue weighted by Gasteiger charge is 2.46. The van der Waals surface area contributed by atoms with E-state index in [2.05, 4.69) is 55.1 Å². The van der Waals surface area contributed by atoms with E-state index in [1.54, 1.807) is 4.57 Å². The SMILES string of the molecule is CC(C)[C@@H](CO)Nc1nc(NCC(c2ccccc2)c2ccccc2)c2ncn([C@@H]3OC(c4ncn[nH]4)[C@@H](O)[C@H]3O)c2n1. The summed E-state index contributed by atoms with van der Waals surface area (Å²) in [6.45, 7) is 4.39. The van der Waals surface area contributed by atoms with E-state index < -0.39 is 24.5 Å². The van der Waals surface area contributed by atoms with E-state index in [9.17, 15) is 15.3 Å². The van der Waals surface area contributed by atoms with Crippen LogP contribution in [0.1, 0.15) is 49.0 Å². The molecule has 0 radical (unpaired) electrons. The normalized spacial score (nSPS) is 21.1. The highest BCUT2D eigenvalue weighted by atomic mass is 16.6. The van der Waals surface area contributed by atoms with Gasteiger partial charge in [-0.2, -0.15) is 15.1 Å². The van der Waals surface area contributed by atoms with Gasteiger partial charge >= 0.3 is 0 Å². The molecule has 224 valence electrons. The van der Waals surface area contributed by atoms with Crippen molar-refractivity contribution in [1.82, 2.24) is 34.7 Å². The largest absolute Gasteiger partial charge is 0.394 e. The number of fused-ring (bicyclic) bond motifs is 1. The number of nitrogens with zero attached hydrogens (tertiary/aromatic N) is 6. The summed E-state index contributed by atoms with van der Waals surface area (Å²) < 4.78 is 7.64. The minimum atomic E-state index is -1.29. The molecule has 5 aromatic rings. The zero-order valence-corrected chi connectivity index (χ0v) is 23.8. The van der Waals surface area contributed by atoms with E-state index in [1.165, 1.54) is 12.7 Å². The molecular weight excluding hydrogens is 550 g/mol. The number of hydrogen-bond acceptors (Lipinski definition) is 11. The molecule has 5 atom stereocenters. The summed E-state index contributed by atoms with van der Waals surface area (Å²) in [5, 5.41) is 45.0. The van der Waals surface area contributed by atoms with Crippen LogP contribution >= 0.6 is 0 Å². The summed E-state index contributed by atoms with van der Waals surface area (Å²) in [5.74, 6) is 1.17. The molecule has 0 bridgehead atoms. The monoisotopic (exact) mass is 585 g/mol. The Morgan fingerprint density at radius 2 is 1.65 bits per heavy atom. The number of hydrogen-bond donors (Lipinski definition) is 6. The van der Waals surface area contributed by atoms with Crippen LogP contribution in [0, 0.1) is 5.92 Å². The summed E-state index contributed by atoms with van der Waals surface area (Å²) in [6.07, 6.45) is -1.66. The van der Waals surface area contributed by atoms with E-state index in [0.29, 0.717) is 29.4 Å². The van der Waals surface area contributed by atoms with Crippen molar-refractivity contribution in [2.24, 2.45) is 5.92 Å². The van der Waals surface area contributed by atoms with Crippen molar-refractivity contribution < 1.29 is 20.1 Å². The zero-order valence-electron chi connectivity index (χ0n) is 23.8. The van der Waals surface area contributed by atoms with Gasteiger partial charge in [0, 0.05) is 12.5 Å². The molecule has 0 amide bonds. The van der Waals surface area contributed by atoms with Gasteiger partial charge in [0.2, 0.25) is 5.95 Å². The van der Waals surface area contributed by atoms with Gasteiger partial charge in [0.05, 0.1) is 19.0 Å². The molecule has 13 heteroatoms. The third kappa shape index (κ3) is 5.79. The van der Waals surface area contributed by atoms with Crippen LogP contribution in [-0.4, -0.2) is 81.4 Å². The minimum absolute atomic E-state index is 0.0181. The number of aromatic amines is 1. The first kappa shape index (κ1) is 28.7. The van der Waals surface area contributed by atoms with Gasteiger partial charge in [0.25, 0.3) is 0 Å². The van der Waals surface area contributed by atoms with Crippen LogP contribution in [-0.2, 0) is 4.74 Å². The second kappa shape index (κ2) is 12.4. The van der Waals surface area contributed by atoms with Crippen molar-refractivity contribution in [3.05, 3.63) is 90.3 Å². The second-order valence-corrected chi connectivity index (χ2v) is 11.0. The number of benzene rings is 2. The maximum atomic E-state index is 11.0. The Kier molecular flexibility index (Phi) is 8.29. The molecule has 6 rings (SSSR count). The smallest absolute Gasteiger partial charge is 0.227 e. The Morgan fingerprint density at radius 3 is 2.26 bits per heavy atom. The summed E-state index contributed by atoms with van der Waals surface area (Å²) in [5.41, 5.74) is 3.13. The average molecular weight is 586 g/mol. The first-order valence-electron chi connectivity index (χ1n) is 14.3. The van der Waals surface area contributed by atoms with Crippen molar-refractivity contribution in [1.29, 1.82) is 0 Å². The van der Waals surface area contributed by atoms with Crippen molar-refractivity contribution in [3.8, 4) is 0 Å². The van der Waals surface area contributed by atoms with Crippen molar-refractivity contribution >= 4 is 22.9 Å². The van der Waals surface area contributed by atoms with Gasteiger partial charge in [0.1, 0.15) is 24.6 Å². The predicted octanol–water partition coefficient (Wildman–Crippen LogP) is 2.61. The first-order chi connectivity index (χ1) is 20.9. The summed E-state index contributed by atoms with van der Waals surface area (Å²) in [7, 11) is 0. The fourth-order valence-electron chi connectivity index (χ4n) is 5.34. The number of H-pyrrole nitrogens is 1. The molecule has 4 heterocycles. The van der Waals surface area contributed by atoms with E-state index in [1.807, 2.05) is 50.2 Å². The molecule has 3 aromatic heterocycles. The van der Waals surface area contributed by atoms with E-state index >= 15 is 0 Å². The topological polar surface area (TPSA) is 179 Å². The number of aromatic nitrogens is 7. The number of nitrogens with one attached hydrogen (secondary N) is 3. The van der Waals surface area contributed by atoms with Gasteiger partial charge in [-0.1, -0.05) is 74.5 Å². The van der Waals surface area contributed by atoms with Crippen LogP contribution in [0.4, 0.5) is 11.8 Å². The number of aliphatic hydroxyl groups excluding tert-OH is 3. The summed E-state index contributed by atoms with van der Waals surface area (Å²) >= 11 is 0. The first-order valence-corrected chi connectivity index (χ1v) is 14.3. The average Bonchev–Trinajstić information content (AvgIpc) is 3.77. The van der Waals surface area contributed by atoms with Gasteiger partial charge < -0.3 is 30.7 Å². The lowest BCUT2D eigenvalue weighted by molar-refractivity contribution is -0.0382. The van der Waals surface area contributed by atoms with Crippen LogP contribution in [0.15, 0.2) is 73.3 Å². The van der Waals surface area contributed by atoms with Crippen LogP contribution in [0.25, 0.3) is 11.2 Å². The van der Waals surface area contributed by atoms with Gasteiger partial charge in [-0.25, -0.2) is 9.97 Å². The molecule has 1 saturated heterocycles. The number of imidazole rings is 1. The fraction of sp³-hybridized carbons (Fsp3) is 0.367. The van der Waals surface area contributed by atoms with Crippen LogP contribution in [0.3, 0.4) is 0 Å². The molecule has 2 aromatic carbocycles. The Hall–Kier alpha value is -4.43. The predicted molar refractivity (Wildman–Crippen MR) is 159 cm³/mol. The summed E-state index contributed by atoms with van der Waals surface area (Å²) in [6, 6.07) is 20.2. The van der Waals surface area contributed by atoms with Gasteiger partial charge in [0.15, 0.2) is 29.0 Å². The zero-order chi connectivity index (χ0) is 29.9. The number of rotatable bonds is 11. The maximum Gasteiger partial charge on any atom is 0.227 e. The number of ether oxygens (including phenoxy) is 1. The lowest BCUT2D eigenvalue weighted by Crippen LogP contribution is -2.31. The van der Waals surface area contributed by atoms with Crippen LogP contribution < -0.4 is 10.6 Å². The van der Waals surface area contributed by atoms with Crippen molar-refractivity contribution in [3.63, 3.8) is 0 Å². The Morgan fingerprint density at radius 1 is 0.953 bits per heavy atom. The standard InChI is InChI=1S/C30H35N9O4/c1-17(2)21(14-40)35-30-36-26(31-13-20(18-9-5-3-6-10-18)19-11-7-4-8-12-19)22-28(37-30)39(16-33-22)29-24(42)23(41)25(43-29)27-32-15-34-38-27/h3-12,15-17,20-21,23-25,29,40-42H,13-14H2,1-2H3,(H,32,34,38)(H2,31,35,36,37)/t21-,23+,24-,25?,29-/m1/s1. The second-order valence-electron chi connectivity index (χ2n) is 11.0. The van der Waals surface area contributed by atoms with Gasteiger partial charge in [-0.15, -0.1) is 0 Å². The van der Waals surface area contributed by atoms with Crippen LogP contribution in [0.2, 0.25) is 0 Å². The molecular formula is C30H35N9O4. The molecule has 43 heavy (non-hydrogen) atoms. The number of aliphatic hydroxyl groups is 3. The number of anilines is 2. The Labute approximate surface area is 248 Å². The quantitative estimate of drug-likeness (QED) is 0.134. The molecule has 1 aliphatic heterocycles. The lowest BCUT2D eigenvalue weighted by atomic mass is 9.91. The van der Waals surface area contributed by atoms with Crippen molar-refractivity contribution in [2.75, 3.05) is 23.8 Å². The molecule has 13 nitrogen and oxygen atoms in total. The molecule has 1 aliphatic rings. The molecule has 1 unspecified atom stereocenters. The third-order valence-electron chi connectivity index (χ3n) is 7.83. The maximum absolute atomic E-state index is 11.0. The summed E-state index contributed by atoms with van der Waals surface area (Å²) in [4.78, 5) is 18.2. The lowest BCUT2D eigenvalue weighted by Gasteiger charge is -2.22. The van der Waals surface area contributed by atoms with Gasteiger partial charge in [-0.3, -0.25) is 9.67 Å². The Bertz CT molecular complexity index is 1580.